The average molecular weight is 303 g/mol. The molecular weight excluding hydrogens is 284 g/mol. The summed E-state index contributed by atoms with van der Waals surface area (Å²) in [6, 6.07) is 4.75. The highest BCUT2D eigenvalue weighted by atomic mass is 79.9. The zero-order valence-electron chi connectivity index (χ0n) is 9.42. The van der Waals surface area contributed by atoms with Crippen molar-refractivity contribution in [3.05, 3.63) is 20.8 Å². The maximum absolute atomic E-state index is 5.90. The van der Waals surface area contributed by atoms with E-state index in [1.165, 1.54) is 34.3 Å². The smallest absolute Gasteiger partial charge is 0.0701 e. The topological polar surface area (TPSA) is 38.0 Å². The number of hydrogen-bond acceptors (Lipinski definition) is 3. The van der Waals surface area contributed by atoms with E-state index in [1.807, 2.05) is 11.3 Å². The summed E-state index contributed by atoms with van der Waals surface area (Å²) in [6.07, 6.45) is 5.00. The van der Waals surface area contributed by atoms with Gasteiger partial charge in [-0.05, 0) is 66.2 Å². The van der Waals surface area contributed by atoms with E-state index in [9.17, 15) is 0 Å². The second-order valence-corrected chi connectivity index (χ2v) is 7.17. The lowest BCUT2D eigenvalue weighted by molar-refractivity contribution is 0.314. The molecule has 0 spiro atoms. The number of hydrogen-bond donors (Lipinski definition) is 2. The molecule has 1 aromatic rings. The van der Waals surface area contributed by atoms with E-state index in [1.54, 1.807) is 0 Å². The Hall–Kier alpha value is 0.1000. The third-order valence-corrected chi connectivity index (χ3v) is 4.88. The number of nitrogens with one attached hydrogen (secondary N) is 1. The van der Waals surface area contributed by atoms with Crippen LogP contribution in [0.2, 0.25) is 0 Å². The van der Waals surface area contributed by atoms with Crippen molar-refractivity contribution in [3.63, 3.8) is 0 Å². The molecule has 1 fully saturated rings. The van der Waals surface area contributed by atoms with Gasteiger partial charge in [-0.3, -0.25) is 0 Å². The fraction of sp³-hybridized carbons (Fsp3) is 0.667. The first kappa shape index (κ1) is 12.6. The Morgan fingerprint density at radius 2 is 2.06 bits per heavy atom. The molecule has 0 saturated heterocycles. The fourth-order valence-corrected chi connectivity index (χ4v) is 3.69. The molecule has 1 aromatic heterocycles. The Balaban J connectivity index is 1.64. The van der Waals surface area contributed by atoms with E-state index in [-0.39, 0.29) is 0 Å². The standard InChI is InChI=1S/C12H19BrN2S/c13-12-6-5-11(16-12)8-15-7-9-1-3-10(14)4-2-9/h5-6,9-10,15H,1-4,7-8,14H2. The third-order valence-electron chi connectivity index (χ3n) is 3.25. The first-order valence-electron chi connectivity index (χ1n) is 5.94. The predicted molar refractivity (Wildman–Crippen MR) is 73.7 cm³/mol. The molecule has 3 N–H and O–H groups in total. The van der Waals surface area contributed by atoms with Gasteiger partial charge in [-0.2, -0.15) is 0 Å². The molecule has 0 unspecified atom stereocenters. The lowest BCUT2D eigenvalue weighted by Gasteiger charge is -2.26. The summed E-state index contributed by atoms with van der Waals surface area (Å²) in [5.74, 6) is 0.836. The molecule has 4 heteroatoms. The molecule has 0 aromatic carbocycles. The van der Waals surface area contributed by atoms with Gasteiger partial charge in [0.1, 0.15) is 0 Å². The molecule has 1 heterocycles. The summed E-state index contributed by atoms with van der Waals surface area (Å²) >= 11 is 5.29. The minimum absolute atomic E-state index is 0.463. The van der Waals surface area contributed by atoms with Gasteiger partial charge in [0.25, 0.3) is 0 Å². The lowest BCUT2D eigenvalue weighted by atomic mass is 9.86. The molecule has 90 valence electrons. The highest BCUT2D eigenvalue weighted by Crippen LogP contribution is 2.24. The van der Waals surface area contributed by atoms with Gasteiger partial charge in [-0.1, -0.05) is 0 Å². The van der Waals surface area contributed by atoms with Crippen LogP contribution in [0.1, 0.15) is 30.6 Å². The van der Waals surface area contributed by atoms with Gasteiger partial charge >= 0.3 is 0 Å². The molecule has 2 rings (SSSR count). The van der Waals surface area contributed by atoms with Gasteiger partial charge in [-0.15, -0.1) is 11.3 Å². The van der Waals surface area contributed by atoms with Gasteiger partial charge in [0.05, 0.1) is 3.79 Å². The second kappa shape index (κ2) is 6.15. The Morgan fingerprint density at radius 1 is 1.31 bits per heavy atom. The Kier molecular flexibility index (Phi) is 4.82. The van der Waals surface area contributed by atoms with Crippen LogP contribution >= 0.6 is 27.3 Å². The Labute approximate surface area is 110 Å². The van der Waals surface area contributed by atoms with Gasteiger partial charge in [0.2, 0.25) is 0 Å². The normalized spacial score (nSPS) is 25.9. The summed E-state index contributed by atoms with van der Waals surface area (Å²) in [5, 5.41) is 3.55. The van der Waals surface area contributed by atoms with Crippen molar-refractivity contribution in [1.29, 1.82) is 0 Å². The minimum atomic E-state index is 0.463. The van der Waals surface area contributed by atoms with E-state index in [0.717, 1.165) is 19.0 Å². The zero-order valence-corrected chi connectivity index (χ0v) is 11.8. The van der Waals surface area contributed by atoms with Crippen LogP contribution in [0.3, 0.4) is 0 Å². The molecule has 1 aliphatic rings. The third kappa shape index (κ3) is 3.84. The Morgan fingerprint density at radius 3 is 2.69 bits per heavy atom. The van der Waals surface area contributed by atoms with E-state index < -0.39 is 0 Å². The largest absolute Gasteiger partial charge is 0.328 e. The van der Waals surface area contributed by atoms with Crippen molar-refractivity contribution in [1.82, 2.24) is 5.32 Å². The monoisotopic (exact) mass is 302 g/mol. The van der Waals surface area contributed by atoms with E-state index >= 15 is 0 Å². The van der Waals surface area contributed by atoms with Crippen molar-refractivity contribution in [3.8, 4) is 0 Å². The molecular formula is C12H19BrN2S. The van der Waals surface area contributed by atoms with Crippen LogP contribution in [0.25, 0.3) is 0 Å². The highest BCUT2D eigenvalue weighted by Gasteiger charge is 2.17. The summed E-state index contributed by atoms with van der Waals surface area (Å²) < 4.78 is 1.22. The van der Waals surface area contributed by atoms with Crippen LogP contribution in [0, 0.1) is 5.92 Å². The minimum Gasteiger partial charge on any atom is -0.328 e. The molecule has 0 atom stereocenters. The molecule has 1 aliphatic carbocycles. The van der Waals surface area contributed by atoms with Crippen molar-refractivity contribution in [2.24, 2.45) is 11.7 Å². The van der Waals surface area contributed by atoms with Crippen molar-refractivity contribution < 1.29 is 0 Å². The summed E-state index contributed by atoms with van der Waals surface area (Å²) in [7, 11) is 0. The molecule has 1 saturated carbocycles. The molecule has 0 radical (unpaired) electrons. The number of rotatable bonds is 4. The highest BCUT2D eigenvalue weighted by molar-refractivity contribution is 9.11. The maximum atomic E-state index is 5.90. The number of nitrogens with two attached hydrogens (primary N) is 1. The SMILES string of the molecule is NC1CCC(CNCc2ccc(Br)s2)CC1. The van der Waals surface area contributed by atoms with Crippen LogP contribution in [-0.2, 0) is 6.54 Å². The molecule has 2 nitrogen and oxygen atoms in total. The first-order valence-corrected chi connectivity index (χ1v) is 7.55. The Bertz CT molecular complexity index is 319. The van der Waals surface area contributed by atoms with Crippen molar-refractivity contribution >= 4 is 27.3 Å². The van der Waals surface area contributed by atoms with Crippen molar-refractivity contribution in [2.45, 2.75) is 38.3 Å². The van der Waals surface area contributed by atoms with E-state index in [0.29, 0.717) is 6.04 Å². The molecule has 16 heavy (non-hydrogen) atoms. The quantitative estimate of drug-likeness (QED) is 0.897. The summed E-state index contributed by atoms with van der Waals surface area (Å²) in [6.45, 7) is 2.14. The molecule has 0 aliphatic heterocycles. The van der Waals surface area contributed by atoms with Crippen LogP contribution in [0.15, 0.2) is 15.9 Å². The average Bonchev–Trinajstić information content (AvgIpc) is 2.67. The number of thiophene rings is 1. The first-order chi connectivity index (χ1) is 7.74. The second-order valence-electron chi connectivity index (χ2n) is 4.62. The summed E-state index contributed by atoms with van der Waals surface area (Å²) in [5.41, 5.74) is 5.90. The van der Waals surface area contributed by atoms with Crippen LogP contribution in [-0.4, -0.2) is 12.6 Å². The number of halogens is 1. The van der Waals surface area contributed by atoms with Gasteiger partial charge in [0.15, 0.2) is 0 Å². The predicted octanol–water partition coefficient (Wildman–Crippen LogP) is 3.12. The van der Waals surface area contributed by atoms with E-state index in [4.69, 9.17) is 5.73 Å². The van der Waals surface area contributed by atoms with Crippen LogP contribution in [0.4, 0.5) is 0 Å². The van der Waals surface area contributed by atoms with Gasteiger partial charge in [0, 0.05) is 17.5 Å². The summed E-state index contributed by atoms with van der Waals surface area (Å²) in [4.78, 5) is 1.40. The zero-order chi connectivity index (χ0) is 11.4. The van der Waals surface area contributed by atoms with Crippen LogP contribution in [0.5, 0.6) is 0 Å². The van der Waals surface area contributed by atoms with E-state index in [2.05, 4.69) is 33.4 Å². The van der Waals surface area contributed by atoms with Gasteiger partial charge in [-0.25, -0.2) is 0 Å². The molecule has 0 bridgehead atoms. The maximum Gasteiger partial charge on any atom is 0.0701 e. The molecule has 0 amide bonds. The van der Waals surface area contributed by atoms with Crippen molar-refractivity contribution in [2.75, 3.05) is 6.54 Å². The van der Waals surface area contributed by atoms with Gasteiger partial charge < -0.3 is 11.1 Å². The lowest BCUT2D eigenvalue weighted by Crippen LogP contribution is -2.31. The fourth-order valence-electron chi connectivity index (χ4n) is 2.24. The van der Waals surface area contributed by atoms with Crippen LogP contribution < -0.4 is 11.1 Å².